The third-order valence-corrected chi connectivity index (χ3v) is 3.48. The van der Waals surface area contributed by atoms with Crippen LogP contribution in [0.15, 0.2) is 30.3 Å². The number of hydrogen-bond donors (Lipinski definition) is 1. The fourth-order valence-corrected chi connectivity index (χ4v) is 2.56. The summed E-state index contributed by atoms with van der Waals surface area (Å²) in [5.41, 5.74) is 2.25. The molecular formula is C17H19FO3. The van der Waals surface area contributed by atoms with Gasteiger partial charge in [0.15, 0.2) is 11.5 Å². The number of rotatable bonds is 4. The third kappa shape index (κ3) is 2.85. The predicted molar refractivity (Wildman–Crippen MR) is 79.5 cm³/mol. The molecule has 2 rings (SSSR count). The average Bonchev–Trinajstić information content (AvgIpc) is 2.44. The van der Waals surface area contributed by atoms with Crippen LogP contribution in [-0.2, 0) is 0 Å². The van der Waals surface area contributed by atoms with Crippen LogP contribution in [0.5, 0.6) is 11.5 Å². The second kappa shape index (κ2) is 6.14. The van der Waals surface area contributed by atoms with Gasteiger partial charge in [0.2, 0.25) is 0 Å². The molecule has 2 aromatic rings. The first-order chi connectivity index (χ1) is 9.99. The Labute approximate surface area is 124 Å². The lowest BCUT2D eigenvalue weighted by Gasteiger charge is -2.19. The minimum absolute atomic E-state index is 0.257. The van der Waals surface area contributed by atoms with Crippen LogP contribution in [-0.4, -0.2) is 19.3 Å². The maximum atomic E-state index is 14.2. The molecule has 0 amide bonds. The van der Waals surface area contributed by atoms with Crippen molar-refractivity contribution in [2.45, 2.75) is 20.0 Å². The molecule has 0 saturated heterocycles. The van der Waals surface area contributed by atoms with Gasteiger partial charge in [0.05, 0.1) is 14.2 Å². The largest absolute Gasteiger partial charge is 0.493 e. The zero-order valence-corrected chi connectivity index (χ0v) is 12.6. The van der Waals surface area contributed by atoms with Gasteiger partial charge in [0.1, 0.15) is 11.9 Å². The lowest BCUT2D eigenvalue weighted by Crippen LogP contribution is -2.08. The molecular weight excluding hydrogens is 271 g/mol. The average molecular weight is 290 g/mol. The topological polar surface area (TPSA) is 38.7 Å². The standard InChI is InChI=1S/C17H19FO3/c1-10-8-11(2)15(13(18)9-10)16(19)12-6-5-7-14(20-3)17(12)21-4/h5-9,16,19H,1-4H3. The Morgan fingerprint density at radius 3 is 2.38 bits per heavy atom. The summed E-state index contributed by atoms with van der Waals surface area (Å²) < 4.78 is 24.8. The second-order valence-electron chi connectivity index (χ2n) is 4.96. The number of aliphatic hydroxyl groups excluding tert-OH is 1. The first-order valence-corrected chi connectivity index (χ1v) is 6.65. The Kier molecular flexibility index (Phi) is 4.48. The number of hydrogen-bond acceptors (Lipinski definition) is 3. The number of para-hydroxylation sites is 1. The van der Waals surface area contributed by atoms with E-state index in [1.165, 1.54) is 20.3 Å². The Morgan fingerprint density at radius 1 is 1.10 bits per heavy atom. The molecule has 1 unspecified atom stereocenters. The molecule has 0 radical (unpaired) electrons. The smallest absolute Gasteiger partial charge is 0.166 e. The molecule has 0 aromatic heterocycles. The normalized spacial score (nSPS) is 12.1. The molecule has 4 heteroatoms. The van der Waals surface area contributed by atoms with Crippen LogP contribution in [0.25, 0.3) is 0 Å². The molecule has 0 aliphatic carbocycles. The Bertz CT molecular complexity index is 629. The molecule has 21 heavy (non-hydrogen) atoms. The molecule has 0 spiro atoms. The Morgan fingerprint density at radius 2 is 1.81 bits per heavy atom. The molecule has 1 N–H and O–H groups in total. The summed E-state index contributed by atoms with van der Waals surface area (Å²) in [6.07, 6.45) is -1.12. The van der Waals surface area contributed by atoms with Gasteiger partial charge in [-0.25, -0.2) is 4.39 Å². The fraction of sp³-hybridized carbons (Fsp3) is 0.294. The predicted octanol–water partition coefficient (Wildman–Crippen LogP) is 3.54. The van der Waals surface area contributed by atoms with Crippen molar-refractivity contribution in [3.05, 3.63) is 58.4 Å². The van der Waals surface area contributed by atoms with E-state index < -0.39 is 11.9 Å². The van der Waals surface area contributed by atoms with E-state index in [1.54, 1.807) is 25.1 Å². The lowest BCUT2D eigenvalue weighted by molar-refractivity contribution is 0.207. The summed E-state index contributed by atoms with van der Waals surface area (Å²) >= 11 is 0. The molecule has 0 bridgehead atoms. The van der Waals surface area contributed by atoms with E-state index in [9.17, 15) is 9.50 Å². The lowest BCUT2D eigenvalue weighted by atomic mass is 9.94. The summed E-state index contributed by atoms with van der Waals surface area (Å²) in [5.74, 6) is 0.482. The highest BCUT2D eigenvalue weighted by Crippen LogP contribution is 2.38. The van der Waals surface area contributed by atoms with Crippen molar-refractivity contribution in [3.63, 3.8) is 0 Å². The molecule has 0 aliphatic rings. The number of benzene rings is 2. The second-order valence-corrected chi connectivity index (χ2v) is 4.96. The number of aryl methyl sites for hydroxylation is 2. The van der Waals surface area contributed by atoms with Crippen molar-refractivity contribution in [1.82, 2.24) is 0 Å². The summed E-state index contributed by atoms with van der Waals surface area (Å²) in [4.78, 5) is 0. The first-order valence-electron chi connectivity index (χ1n) is 6.65. The van der Waals surface area contributed by atoms with Crippen LogP contribution >= 0.6 is 0 Å². The number of aliphatic hydroxyl groups is 1. The van der Waals surface area contributed by atoms with Crippen LogP contribution in [0.2, 0.25) is 0 Å². The van der Waals surface area contributed by atoms with Crippen molar-refractivity contribution in [3.8, 4) is 11.5 Å². The highest BCUT2D eigenvalue weighted by atomic mass is 19.1. The number of halogens is 1. The van der Waals surface area contributed by atoms with E-state index in [1.807, 2.05) is 13.0 Å². The van der Waals surface area contributed by atoms with Gasteiger partial charge in [0, 0.05) is 11.1 Å². The molecule has 0 aliphatic heterocycles. The van der Waals surface area contributed by atoms with Crippen molar-refractivity contribution in [2.75, 3.05) is 14.2 Å². The van der Waals surface area contributed by atoms with Gasteiger partial charge in [-0.05, 0) is 37.1 Å². The maximum absolute atomic E-state index is 14.2. The summed E-state index contributed by atoms with van der Waals surface area (Å²) in [6, 6.07) is 8.42. The first kappa shape index (κ1) is 15.3. The minimum atomic E-state index is -1.12. The molecule has 3 nitrogen and oxygen atoms in total. The van der Waals surface area contributed by atoms with Gasteiger partial charge >= 0.3 is 0 Å². The van der Waals surface area contributed by atoms with E-state index in [0.717, 1.165) is 5.56 Å². The van der Waals surface area contributed by atoms with Crippen LogP contribution in [0, 0.1) is 19.7 Å². The Balaban J connectivity index is 2.58. The molecule has 0 saturated carbocycles. The van der Waals surface area contributed by atoms with Crippen LogP contribution in [0.3, 0.4) is 0 Å². The van der Waals surface area contributed by atoms with E-state index >= 15 is 0 Å². The van der Waals surface area contributed by atoms with Gasteiger partial charge in [-0.3, -0.25) is 0 Å². The number of methoxy groups -OCH3 is 2. The summed E-state index contributed by atoms with van der Waals surface area (Å²) in [5, 5.41) is 10.6. The van der Waals surface area contributed by atoms with Crippen LogP contribution < -0.4 is 9.47 Å². The molecule has 0 fully saturated rings. The monoisotopic (exact) mass is 290 g/mol. The SMILES string of the molecule is COc1cccc(C(O)c2c(C)cc(C)cc2F)c1OC. The molecule has 112 valence electrons. The molecule has 1 atom stereocenters. The molecule has 2 aromatic carbocycles. The van der Waals surface area contributed by atoms with E-state index in [2.05, 4.69) is 0 Å². The summed E-state index contributed by atoms with van der Waals surface area (Å²) in [7, 11) is 3.01. The Hall–Kier alpha value is -2.07. The van der Waals surface area contributed by atoms with E-state index in [4.69, 9.17) is 9.47 Å². The van der Waals surface area contributed by atoms with Crippen molar-refractivity contribution in [2.24, 2.45) is 0 Å². The van der Waals surface area contributed by atoms with Gasteiger partial charge < -0.3 is 14.6 Å². The maximum Gasteiger partial charge on any atom is 0.166 e. The fourth-order valence-electron chi connectivity index (χ4n) is 2.56. The molecule has 0 heterocycles. The minimum Gasteiger partial charge on any atom is -0.493 e. The van der Waals surface area contributed by atoms with Gasteiger partial charge in [-0.1, -0.05) is 18.2 Å². The van der Waals surface area contributed by atoms with Crippen molar-refractivity contribution >= 4 is 0 Å². The van der Waals surface area contributed by atoms with Crippen LogP contribution in [0.1, 0.15) is 28.4 Å². The van der Waals surface area contributed by atoms with Crippen molar-refractivity contribution < 1.29 is 19.0 Å². The third-order valence-electron chi connectivity index (χ3n) is 3.48. The van der Waals surface area contributed by atoms with E-state index in [-0.39, 0.29) is 5.56 Å². The van der Waals surface area contributed by atoms with Gasteiger partial charge in [0.25, 0.3) is 0 Å². The van der Waals surface area contributed by atoms with Gasteiger partial charge in [-0.2, -0.15) is 0 Å². The quantitative estimate of drug-likeness (QED) is 0.936. The van der Waals surface area contributed by atoms with Crippen LogP contribution in [0.4, 0.5) is 4.39 Å². The highest BCUT2D eigenvalue weighted by molar-refractivity contribution is 5.51. The summed E-state index contributed by atoms with van der Waals surface area (Å²) in [6.45, 7) is 3.60. The zero-order valence-electron chi connectivity index (χ0n) is 12.6. The zero-order chi connectivity index (χ0) is 15.6. The van der Waals surface area contributed by atoms with Crippen molar-refractivity contribution in [1.29, 1.82) is 0 Å². The van der Waals surface area contributed by atoms with Gasteiger partial charge in [-0.15, -0.1) is 0 Å². The number of ether oxygens (including phenoxy) is 2. The highest BCUT2D eigenvalue weighted by Gasteiger charge is 2.23. The van der Waals surface area contributed by atoms with E-state index in [0.29, 0.717) is 22.6 Å².